The van der Waals surface area contributed by atoms with Gasteiger partial charge in [-0.25, -0.2) is 13.8 Å². The van der Waals surface area contributed by atoms with Crippen LogP contribution in [0.2, 0.25) is 0 Å². The minimum Gasteiger partial charge on any atom is -0.495 e. The Morgan fingerprint density at radius 3 is 2.62 bits per heavy atom. The van der Waals surface area contributed by atoms with E-state index in [0.717, 1.165) is 4.57 Å². The zero-order valence-corrected chi connectivity index (χ0v) is 11.1. The molecule has 6 heteroatoms. The zero-order valence-electron chi connectivity index (χ0n) is 11.1. The number of halogens is 1. The van der Waals surface area contributed by atoms with E-state index in [0.29, 0.717) is 11.4 Å². The van der Waals surface area contributed by atoms with E-state index in [1.807, 2.05) is 0 Å². The molecule has 1 heterocycles. The van der Waals surface area contributed by atoms with Gasteiger partial charge < -0.3 is 9.72 Å². The second kappa shape index (κ2) is 4.90. The average molecular weight is 286 g/mol. The smallest absolute Gasteiger partial charge is 0.333 e. The molecule has 0 saturated carbocycles. The van der Waals surface area contributed by atoms with Crippen LogP contribution in [0.3, 0.4) is 0 Å². The molecule has 0 unspecified atom stereocenters. The van der Waals surface area contributed by atoms with Crippen molar-refractivity contribution in [3.63, 3.8) is 0 Å². The van der Waals surface area contributed by atoms with Gasteiger partial charge in [0.2, 0.25) is 0 Å². The molecule has 0 amide bonds. The van der Waals surface area contributed by atoms with Gasteiger partial charge in [-0.15, -0.1) is 0 Å². The van der Waals surface area contributed by atoms with E-state index < -0.39 is 17.1 Å². The molecule has 1 aromatic heterocycles. The van der Waals surface area contributed by atoms with Gasteiger partial charge in [0, 0.05) is 0 Å². The third kappa shape index (κ3) is 2.01. The highest BCUT2D eigenvalue weighted by Crippen LogP contribution is 2.20. The summed E-state index contributed by atoms with van der Waals surface area (Å²) < 4.78 is 19.8. The van der Waals surface area contributed by atoms with Crippen molar-refractivity contribution in [2.24, 2.45) is 0 Å². The summed E-state index contributed by atoms with van der Waals surface area (Å²) in [5, 5.41) is 0.0977. The van der Waals surface area contributed by atoms with Crippen LogP contribution >= 0.6 is 0 Å². The molecular formula is C15H11FN2O3. The second-order valence-electron chi connectivity index (χ2n) is 4.40. The minimum absolute atomic E-state index is 0.0977. The highest BCUT2D eigenvalue weighted by Gasteiger charge is 2.14. The maximum absolute atomic E-state index is 13.7. The molecule has 5 nitrogen and oxygen atoms in total. The average Bonchev–Trinajstić information content (AvgIpc) is 2.49. The van der Waals surface area contributed by atoms with Crippen molar-refractivity contribution >= 4 is 10.9 Å². The molecule has 0 radical (unpaired) electrons. The van der Waals surface area contributed by atoms with Crippen LogP contribution in [0, 0.1) is 5.82 Å². The fraction of sp³-hybridized carbons (Fsp3) is 0.0667. The van der Waals surface area contributed by atoms with Crippen molar-refractivity contribution in [1.29, 1.82) is 0 Å². The highest BCUT2D eigenvalue weighted by atomic mass is 19.1. The zero-order chi connectivity index (χ0) is 15.0. The number of fused-ring (bicyclic) bond motifs is 1. The van der Waals surface area contributed by atoms with Gasteiger partial charge in [-0.3, -0.25) is 4.79 Å². The Balaban J connectivity index is 2.45. The van der Waals surface area contributed by atoms with Crippen molar-refractivity contribution in [3.8, 4) is 11.4 Å². The van der Waals surface area contributed by atoms with E-state index in [2.05, 4.69) is 4.98 Å². The fourth-order valence-corrected chi connectivity index (χ4v) is 2.24. The Hall–Kier alpha value is -2.89. The predicted molar refractivity (Wildman–Crippen MR) is 76.7 cm³/mol. The van der Waals surface area contributed by atoms with Crippen LogP contribution in [-0.2, 0) is 0 Å². The largest absolute Gasteiger partial charge is 0.495 e. The highest BCUT2D eigenvalue weighted by molar-refractivity contribution is 5.78. The molecule has 0 fully saturated rings. The van der Waals surface area contributed by atoms with E-state index in [1.54, 1.807) is 24.3 Å². The number of rotatable bonds is 2. The number of aromatic nitrogens is 2. The molecule has 0 bridgehead atoms. The van der Waals surface area contributed by atoms with Gasteiger partial charge >= 0.3 is 5.69 Å². The molecule has 0 aliphatic rings. The van der Waals surface area contributed by atoms with Crippen molar-refractivity contribution in [2.45, 2.75) is 0 Å². The Bertz CT molecular complexity index is 944. The molecule has 2 aromatic carbocycles. The number of hydrogen-bond acceptors (Lipinski definition) is 3. The van der Waals surface area contributed by atoms with Gasteiger partial charge in [0.05, 0.1) is 23.7 Å². The number of nitrogens with zero attached hydrogens (tertiary/aromatic N) is 1. The summed E-state index contributed by atoms with van der Waals surface area (Å²) in [5.41, 5.74) is -1.11. The summed E-state index contributed by atoms with van der Waals surface area (Å²) >= 11 is 0. The fourth-order valence-electron chi connectivity index (χ4n) is 2.24. The SMILES string of the molecule is COc1ccccc1-n1c(=O)[nH]c2c(F)cccc2c1=O. The van der Waals surface area contributed by atoms with Gasteiger partial charge in [0.15, 0.2) is 0 Å². The standard InChI is InChI=1S/C15H11FN2O3/c1-21-12-8-3-2-7-11(12)18-14(19)9-5-4-6-10(16)13(9)17-15(18)20/h2-8H,1H3,(H,17,20). The first-order valence-electron chi connectivity index (χ1n) is 6.20. The first-order chi connectivity index (χ1) is 10.1. The van der Waals surface area contributed by atoms with Crippen LogP contribution in [-0.4, -0.2) is 16.7 Å². The maximum atomic E-state index is 13.7. The van der Waals surface area contributed by atoms with Crippen LogP contribution in [0.15, 0.2) is 52.1 Å². The number of para-hydroxylation sites is 3. The number of benzene rings is 2. The molecule has 0 aliphatic carbocycles. The van der Waals surface area contributed by atoms with E-state index in [-0.39, 0.29) is 10.9 Å². The number of H-pyrrole nitrogens is 1. The second-order valence-corrected chi connectivity index (χ2v) is 4.40. The van der Waals surface area contributed by atoms with Crippen molar-refractivity contribution in [2.75, 3.05) is 7.11 Å². The van der Waals surface area contributed by atoms with E-state index >= 15 is 0 Å². The molecular weight excluding hydrogens is 275 g/mol. The van der Waals surface area contributed by atoms with Crippen molar-refractivity contribution < 1.29 is 9.13 Å². The van der Waals surface area contributed by atoms with Gasteiger partial charge in [-0.2, -0.15) is 0 Å². The number of ether oxygens (including phenoxy) is 1. The number of nitrogens with one attached hydrogen (secondary N) is 1. The minimum atomic E-state index is -0.720. The van der Waals surface area contributed by atoms with Gasteiger partial charge in [0.1, 0.15) is 11.6 Å². The predicted octanol–water partition coefficient (Wildman–Crippen LogP) is 1.83. The third-order valence-corrected chi connectivity index (χ3v) is 3.21. The van der Waals surface area contributed by atoms with Crippen LogP contribution in [0.4, 0.5) is 4.39 Å². The summed E-state index contributed by atoms with van der Waals surface area (Å²) in [4.78, 5) is 27.0. The maximum Gasteiger partial charge on any atom is 0.333 e. The molecule has 21 heavy (non-hydrogen) atoms. The summed E-state index contributed by atoms with van der Waals surface area (Å²) in [6.45, 7) is 0. The van der Waals surface area contributed by atoms with E-state index in [1.165, 1.54) is 25.3 Å². The molecule has 3 aromatic rings. The van der Waals surface area contributed by atoms with E-state index in [4.69, 9.17) is 4.74 Å². The molecule has 0 atom stereocenters. The molecule has 106 valence electrons. The Morgan fingerprint density at radius 1 is 1.10 bits per heavy atom. The summed E-state index contributed by atoms with van der Waals surface area (Å²) in [6, 6.07) is 10.7. The quantitative estimate of drug-likeness (QED) is 0.781. The monoisotopic (exact) mass is 286 g/mol. The van der Waals surface area contributed by atoms with Crippen LogP contribution in [0.1, 0.15) is 0 Å². The van der Waals surface area contributed by atoms with Crippen LogP contribution in [0.25, 0.3) is 16.6 Å². The lowest BCUT2D eigenvalue weighted by Gasteiger charge is -2.10. The Kier molecular flexibility index (Phi) is 3.06. The molecule has 0 saturated heterocycles. The Labute approximate surface area is 118 Å². The van der Waals surface area contributed by atoms with Crippen LogP contribution < -0.4 is 16.0 Å². The first kappa shape index (κ1) is 13.1. The molecule has 0 aliphatic heterocycles. The van der Waals surface area contributed by atoms with Gasteiger partial charge in [-0.1, -0.05) is 18.2 Å². The lowest BCUT2D eigenvalue weighted by atomic mass is 10.2. The normalized spacial score (nSPS) is 10.8. The first-order valence-corrected chi connectivity index (χ1v) is 6.20. The van der Waals surface area contributed by atoms with Gasteiger partial charge in [-0.05, 0) is 24.3 Å². The molecule has 0 spiro atoms. The summed E-state index contributed by atoms with van der Waals surface area (Å²) in [6.07, 6.45) is 0. The van der Waals surface area contributed by atoms with Crippen molar-refractivity contribution in [3.05, 3.63) is 69.1 Å². The molecule has 3 rings (SSSR count). The van der Waals surface area contributed by atoms with E-state index in [9.17, 15) is 14.0 Å². The third-order valence-electron chi connectivity index (χ3n) is 3.21. The topological polar surface area (TPSA) is 64.1 Å². The van der Waals surface area contributed by atoms with Gasteiger partial charge in [0.25, 0.3) is 5.56 Å². The van der Waals surface area contributed by atoms with Crippen molar-refractivity contribution in [1.82, 2.24) is 9.55 Å². The molecule has 1 N–H and O–H groups in total. The summed E-state index contributed by atoms with van der Waals surface area (Å²) in [7, 11) is 1.44. The lowest BCUT2D eigenvalue weighted by Crippen LogP contribution is -2.34. The Morgan fingerprint density at radius 2 is 1.86 bits per heavy atom. The number of aromatic amines is 1. The number of methoxy groups -OCH3 is 1. The van der Waals surface area contributed by atoms with Crippen LogP contribution in [0.5, 0.6) is 5.75 Å². The lowest BCUT2D eigenvalue weighted by molar-refractivity contribution is 0.412. The summed E-state index contributed by atoms with van der Waals surface area (Å²) in [5.74, 6) is -0.269. The number of hydrogen-bond donors (Lipinski definition) is 1.